The highest BCUT2D eigenvalue weighted by Crippen LogP contribution is 2.76. The van der Waals surface area contributed by atoms with Gasteiger partial charge in [0.05, 0.1) is 5.41 Å². The predicted molar refractivity (Wildman–Crippen MR) is 162 cm³/mol. The SMILES string of the molecule is C=C(C)[C@@H]1CC[C@]2(C(=O)NC3CCCCC3)CC[C@]3(C)C(CC[C@@H]4[C@@]5(C)CCCNC(C)(C)[C@@H]5CC[C@]43C)[C@@H]12. The molecule has 0 aromatic carbocycles. The number of nitrogens with one attached hydrogen (secondary N) is 2. The molecular weight excluding hydrogens is 476 g/mol. The van der Waals surface area contributed by atoms with Gasteiger partial charge in [-0.2, -0.15) is 0 Å². The number of fused-ring (bicyclic) bond motifs is 7. The van der Waals surface area contributed by atoms with Gasteiger partial charge >= 0.3 is 0 Å². The van der Waals surface area contributed by atoms with Crippen LogP contribution in [-0.4, -0.2) is 24.0 Å². The van der Waals surface area contributed by atoms with E-state index in [2.05, 4.69) is 58.8 Å². The molecule has 0 spiro atoms. The highest BCUT2D eigenvalue weighted by Gasteiger charge is 2.71. The van der Waals surface area contributed by atoms with Crippen molar-refractivity contribution in [1.29, 1.82) is 0 Å². The fourth-order valence-electron chi connectivity index (χ4n) is 13.0. The molecule has 6 aliphatic rings. The first-order chi connectivity index (χ1) is 18.4. The van der Waals surface area contributed by atoms with E-state index in [1.54, 1.807) is 0 Å². The first-order valence-corrected chi connectivity index (χ1v) is 17.1. The summed E-state index contributed by atoms with van der Waals surface area (Å²) >= 11 is 0. The topological polar surface area (TPSA) is 41.1 Å². The van der Waals surface area contributed by atoms with E-state index in [-0.39, 0.29) is 11.0 Å². The van der Waals surface area contributed by atoms with Crippen LogP contribution < -0.4 is 10.6 Å². The lowest BCUT2D eigenvalue weighted by Crippen LogP contribution is -2.67. The van der Waals surface area contributed by atoms with Crippen LogP contribution in [-0.2, 0) is 4.79 Å². The van der Waals surface area contributed by atoms with Gasteiger partial charge in [0.1, 0.15) is 0 Å². The number of hydrogen-bond donors (Lipinski definition) is 2. The van der Waals surface area contributed by atoms with Crippen molar-refractivity contribution < 1.29 is 4.79 Å². The van der Waals surface area contributed by atoms with Gasteiger partial charge in [0, 0.05) is 11.6 Å². The minimum atomic E-state index is -0.163. The number of amides is 1. The number of rotatable bonds is 3. The molecule has 0 bridgehead atoms. The van der Waals surface area contributed by atoms with Gasteiger partial charge in [-0.15, -0.1) is 0 Å². The molecule has 1 heterocycles. The van der Waals surface area contributed by atoms with Crippen molar-refractivity contribution in [3.63, 3.8) is 0 Å². The van der Waals surface area contributed by atoms with Gasteiger partial charge in [-0.3, -0.25) is 4.79 Å². The summed E-state index contributed by atoms with van der Waals surface area (Å²) in [6.45, 7) is 21.1. The van der Waals surface area contributed by atoms with E-state index in [0.29, 0.717) is 45.9 Å². The predicted octanol–water partition coefficient (Wildman–Crippen LogP) is 8.43. The minimum absolute atomic E-state index is 0.163. The summed E-state index contributed by atoms with van der Waals surface area (Å²) in [6, 6.07) is 0.411. The lowest BCUT2D eigenvalue weighted by molar-refractivity contribution is -0.223. The Bertz CT molecular complexity index is 981. The second-order valence-corrected chi connectivity index (χ2v) is 16.9. The maximum Gasteiger partial charge on any atom is 0.226 e. The van der Waals surface area contributed by atoms with Crippen LogP contribution in [0.25, 0.3) is 0 Å². The Hall–Kier alpha value is -0.830. The minimum Gasteiger partial charge on any atom is -0.353 e. The van der Waals surface area contributed by atoms with Crippen molar-refractivity contribution in [1.82, 2.24) is 10.6 Å². The molecule has 0 radical (unpaired) electrons. The summed E-state index contributed by atoms with van der Waals surface area (Å²) in [5, 5.41) is 7.63. The quantitative estimate of drug-likeness (QED) is 0.355. The second kappa shape index (κ2) is 9.60. The van der Waals surface area contributed by atoms with Crippen LogP contribution in [0.5, 0.6) is 0 Å². The van der Waals surface area contributed by atoms with E-state index in [4.69, 9.17) is 0 Å². The molecule has 5 aliphatic carbocycles. The molecule has 2 N–H and O–H groups in total. The van der Waals surface area contributed by atoms with Crippen LogP contribution >= 0.6 is 0 Å². The van der Waals surface area contributed by atoms with Crippen LogP contribution in [0.1, 0.15) is 138 Å². The molecule has 1 amide bonds. The van der Waals surface area contributed by atoms with Gasteiger partial charge in [0.25, 0.3) is 0 Å². The molecule has 0 aromatic rings. The maximum atomic E-state index is 14.4. The molecule has 1 unspecified atom stereocenters. The molecule has 39 heavy (non-hydrogen) atoms. The van der Waals surface area contributed by atoms with Crippen molar-refractivity contribution in [3.05, 3.63) is 12.2 Å². The van der Waals surface area contributed by atoms with Crippen molar-refractivity contribution in [2.45, 2.75) is 149 Å². The highest BCUT2D eigenvalue weighted by atomic mass is 16.2. The molecule has 1 aliphatic heterocycles. The molecule has 3 nitrogen and oxygen atoms in total. The average Bonchev–Trinajstić information content (AvgIpc) is 3.24. The summed E-state index contributed by atoms with van der Waals surface area (Å²) in [4.78, 5) is 14.4. The van der Waals surface area contributed by atoms with Crippen molar-refractivity contribution in [3.8, 4) is 0 Å². The largest absolute Gasteiger partial charge is 0.353 e. The maximum absolute atomic E-state index is 14.4. The van der Waals surface area contributed by atoms with E-state index < -0.39 is 0 Å². The summed E-state index contributed by atoms with van der Waals surface area (Å²) in [7, 11) is 0. The Morgan fingerprint density at radius 2 is 1.51 bits per heavy atom. The standard InChI is InChI=1S/C36H60N2O/c1-24(2)26-16-20-36(31(39)38-25-12-9-8-10-13-25)22-21-34(6)27(30(26)36)14-15-29-33(5)18-11-23-37-32(3,4)28(33)17-19-35(29,34)7/h25-30,37H,1,8-23H2,2-7H3,(H,38,39)/t26-,27?,28-,29+,30+,33-,34+,35+,36-/m0/s1. The molecule has 6 rings (SSSR count). The third-order valence-corrected chi connectivity index (χ3v) is 15.1. The zero-order chi connectivity index (χ0) is 27.8. The van der Waals surface area contributed by atoms with Gasteiger partial charge in [-0.1, -0.05) is 52.2 Å². The normalized spacial score (nSPS) is 49.5. The number of carbonyl (C=O) groups is 1. The van der Waals surface area contributed by atoms with Gasteiger partial charge in [0.2, 0.25) is 5.91 Å². The fourth-order valence-corrected chi connectivity index (χ4v) is 13.0. The van der Waals surface area contributed by atoms with Crippen LogP contribution in [0, 0.1) is 51.2 Å². The third-order valence-electron chi connectivity index (χ3n) is 15.1. The summed E-state index contributed by atoms with van der Waals surface area (Å²) in [5.74, 6) is 3.62. The summed E-state index contributed by atoms with van der Waals surface area (Å²) < 4.78 is 0. The lowest BCUT2D eigenvalue weighted by atomic mass is 9.33. The third kappa shape index (κ3) is 4.00. The molecular formula is C36H60N2O. The first kappa shape index (κ1) is 28.3. The Morgan fingerprint density at radius 3 is 2.23 bits per heavy atom. The first-order valence-electron chi connectivity index (χ1n) is 17.1. The number of carbonyl (C=O) groups excluding carboxylic acids is 1. The van der Waals surface area contributed by atoms with E-state index >= 15 is 0 Å². The second-order valence-electron chi connectivity index (χ2n) is 16.9. The van der Waals surface area contributed by atoms with E-state index in [1.165, 1.54) is 95.6 Å². The van der Waals surface area contributed by atoms with Crippen LogP contribution in [0.3, 0.4) is 0 Å². The zero-order valence-electron chi connectivity index (χ0n) is 26.4. The van der Waals surface area contributed by atoms with Crippen LogP contribution in [0.2, 0.25) is 0 Å². The van der Waals surface area contributed by atoms with Gasteiger partial charge in [-0.25, -0.2) is 0 Å². The van der Waals surface area contributed by atoms with Crippen molar-refractivity contribution >= 4 is 5.91 Å². The lowest BCUT2D eigenvalue weighted by Gasteiger charge is -2.71. The monoisotopic (exact) mass is 536 g/mol. The Balaban J connectivity index is 1.35. The van der Waals surface area contributed by atoms with E-state index in [1.807, 2.05) is 0 Å². The van der Waals surface area contributed by atoms with E-state index in [9.17, 15) is 4.79 Å². The molecule has 220 valence electrons. The molecule has 5 saturated carbocycles. The number of allylic oxidation sites excluding steroid dienone is 1. The smallest absolute Gasteiger partial charge is 0.226 e. The van der Waals surface area contributed by atoms with Crippen LogP contribution in [0.15, 0.2) is 12.2 Å². The fraction of sp³-hybridized carbons (Fsp3) is 0.917. The zero-order valence-corrected chi connectivity index (χ0v) is 26.4. The Labute approximate surface area is 240 Å². The molecule has 6 fully saturated rings. The van der Waals surface area contributed by atoms with Gasteiger partial charge in [0.15, 0.2) is 0 Å². The van der Waals surface area contributed by atoms with Crippen molar-refractivity contribution in [2.75, 3.05) is 6.54 Å². The molecule has 3 heteroatoms. The molecule has 0 aromatic heterocycles. The van der Waals surface area contributed by atoms with Crippen LogP contribution in [0.4, 0.5) is 0 Å². The highest BCUT2D eigenvalue weighted by molar-refractivity contribution is 5.84. The summed E-state index contributed by atoms with van der Waals surface area (Å²) in [6.07, 6.45) is 18.9. The van der Waals surface area contributed by atoms with Crippen molar-refractivity contribution in [2.24, 2.45) is 51.2 Å². The molecule has 1 saturated heterocycles. The van der Waals surface area contributed by atoms with Gasteiger partial charge in [-0.05, 0) is 150 Å². The number of hydrogen-bond acceptors (Lipinski definition) is 2. The summed E-state index contributed by atoms with van der Waals surface area (Å²) in [5.41, 5.74) is 2.48. The Kier molecular flexibility index (Phi) is 6.97. The van der Waals surface area contributed by atoms with Gasteiger partial charge < -0.3 is 10.6 Å². The van der Waals surface area contributed by atoms with E-state index in [0.717, 1.165) is 24.7 Å². The Morgan fingerprint density at radius 1 is 0.769 bits per heavy atom. The average molecular weight is 537 g/mol. The molecule has 9 atom stereocenters.